The second kappa shape index (κ2) is 7.61. The first-order valence-electron chi connectivity index (χ1n) is 9.16. The van der Waals surface area contributed by atoms with Crippen LogP contribution in [-0.2, 0) is 9.84 Å². The van der Waals surface area contributed by atoms with E-state index in [0.29, 0.717) is 28.6 Å². The highest BCUT2D eigenvalue weighted by molar-refractivity contribution is 7.91. The quantitative estimate of drug-likeness (QED) is 0.468. The van der Waals surface area contributed by atoms with Gasteiger partial charge in [0, 0.05) is 17.3 Å². The molecule has 0 spiro atoms. The van der Waals surface area contributed by atoms with Gasteiger partial charge >= 0.3 is 0 Å². The predicted molar refractivity (Wildman–Crippen MR) is 110 cm³/mol. The van der Waals surface area contributed by atoms with Gasteiger partial charge in [-0.15, -0.1) is 0 Å². The molecule has 0 aliphatic heterocycles. The summed E-state index contributed by atoms with van der Waals surface area (Å²) in [6.07, 6.45) is 0. The van der Waals surface area contributed by atoms with Crippen LogP contribution in [0.4, 0.5) is 0 Å². The molecule has 0 aliphatic carbocycles. The lowest BCUT2D eigenvalue weighted by Gasteiger charge is -2.08. The molecule has 0 radical (unpaired) electrons. The van der Waals surface area contributed by atoms with Crippen LogP contribution in [0.1, 0.15) is 6.92 Å². The fourth-order valence-electron chi connectivity index (χ4n) is 3.22. The summed E-state index contributed by atoms with van der Waals surface area (Å²) in [6, 6.07) is 18.0. The Bertz CT molecular complexity index is 1230. The third-order valence-electron chi connectivity index (χ3n) is 4.59. The maximum atomic E-state index is 13.4. The Morgan fingerprint density at radius 1 is 1.04 bits per heavy atom. The molecule has 0 aliphatic rings. The minimum atomic E-state index is -3.80. The van der Waals surface area contributed by atoms with Crippen LogP contribution in [0.3, 0.4) is 0 Å². The third-order valence-corrected chi connectivity index (χ3v) is 6.35. The molecule has 0 bridgehead atoms. The molecule has 0 saturated heterocycles. The number of sulfone groups is 1. The number of aromatic nitrogens is 2. The minimum Gasteiger partial charge on any atom is -0.492 e. The lowest BCUT2D eigenvalue weighted by Crippen LogP contribution is -2.20. The van der Waals surface area contributed by atoms with Crippen LogP contribution < -0.4 is 10.1 Å². The van der Waals surface area contributed by atoms with Crippen molar-refractivity contribution in [3.05, 3.63) is 60.7 Å². The lowest BCUT2D eigenvalue weighted by molar-refractivity contribution is 0.316. The zero-order chi connectivity index (χ0) is 19.6. The van der Waals surface area contributed by atoms with Crippen LogP contribution in [0.25, 0.3) is 21.7 Å². The molecule has 0 saturated carbocycles. The largest absolute Gasteiger partial charge is 0.492 e. The summed E-state index contributed by atoms with van der Waals surface area (Å²) in [5, 5.41) is 12.2. The second-order valence-electron chi connectivity index (χ2n) is 6.42. The van der Waals surface area contributed by atoms with Gasteiger partial charge in [0.1, 0.15) is 12.4 Å². The van der Waals surface area contributed by atoms with Gasteiger partial charge in [0.25, 0.3) is 0 Å². The van der Waals surface area contributed by atoms with Gasteiger partial charge in [-0.3, -0.25) is 5.10 Å². The van der Waals surface area contributed by atoms with Crippen LogP contribution in [0, 0.1) is 0 Å². The highest BCUT2D eigenvalue weighted by Crippen LogP contribution is 2.32. The van der Waals surface area contributed by atoms with E-state index in [1.807, 2.05) is 37.3 Å². The van der Waals surface area contributed by atoms with Crippen LogP contribution in [0.5, 0.6) is 5.75 Å². The van der Waals surface area contributed by atoms with E-state index in [9.17, 15) is 8.42 Å². The summed E-state index contributed by atoms with van der Waals surface area (Å²) >= 11 is 0. The molecule has 3 aromatic carbocycles. The van der Waals surface area contributed by atoms with E-state index >= 15 is 0 Å². The zero-order valence-corrected chi connectivity index (χ0v) is 16.3. The Balaban J connectivity index is 1.77. The first kappa shape index (κ1) is 18.5. The molecule has 28 heavy (non-hydrogen) atoms. The molecular formula is C21H21N3O3S. The molecule has 2 N–H and O–H groups in total. The monoisotopic (exact) mass is 395 g/mol. The smallest absolute Gasteiger partial charge is 0.226 e. The molecule has 1 aromatic heterocycles. The third kappa shape index (κ3) is 3.34. The molecule has 0 unspecified atom stereocenters. The second-order valence-corrected chi connectivity index (χ2v) is 8.25. The maximum absolute atomic E-state index is 13.4. The molecule has 0 amide bonds. The Morgan fingerprint density at radius 2 is 1.86 bits per heavy atom. The minimum absolute atomic E-state index is 0.0102. The van der Waals surface area contributed by atoms with Gasteiger partial charge < -0.3 is 10.1 Å². The summed E-state index contributed by atoms with van der Waals surface area (Å²) in [6.45, 7) is 4.13. The van der Waals surface area contributed by atoms with Crippen LogP contribution in [0.2, 0.25) is 0 Å². The number of likely N-dealkylation sites (N-methyl/N-ethyl adjacent to an activating group) is 1. The van der Waals surface area contributed by atoms with Crippen molar-refractivity contribution < 1.29 is 13.2 Å². The summed E-state index contributed by atoms with van der Waals surface area (Å²) in [7, 11) is -3.80. The van der Waals surface area contributed by atoms with Crippen molar-refractivity contribution in [2.24, 2.45) is 0 Å². The number of aromatic amines is 1. The summed E-state index contributed by atoms with van der Waals surface area (Å²) in [5.41, 5.74) is 0.651. The molecule has 4 rings (SSSR count). The van der Waals surface area contributed by atoms with E-state index < -0.39 is 9.84 Å². The number of benzene rings is 3. The molecule has 7 heteroatoms. The molecule has 1 heterocycles. The predicted octanol–water partition coefficient (Wildman–Crippen LogP) is 3.54. The van der Waals surface area contributed by atoms with Crippen molar-refractivity contribution >= 4 is 31.5 Å². The number of fused-ring (bicyclic) bond motifs is 2. The highest BCUT2D eigenvalue weighted by Gasteiger charge is 2.25. The molecular weight excluding hydrogens is 374 g/mol. The van der Waals surface area contributed by atoms with E-state index in [-0.39, 0.29) is 9.92 Å². The zero-order valence-electron chi connectivity index (χ0n) is 15.5. The van der Waals surface area contributed by atoms with Crippen molar-refractivity contribution in [1.29, 1.82) is 0 Å². The van der Waals surface area contributed by atoms with Crippen molar-refractivity contribution in [3.8, 4) is 5.75 Å². The van der Waals surface area contributed by atoms with Crippen molar-refractivity contribution in [3.63, 3.8) is 0 Å². The Labute approximate surface area is 163 Å². The van der Waals surface area contributed by atoms with E-state index in [4.69, 9.17) is 4.74 Å². The van der Waals surface area contributed by atoms with Crippen LogP contribution in [0.15, 0.2) is 70.6 Å². The van der Waals surface area contributed by atoms with E-state index in [1.54, 1.807) is 30.3 Å². The van der Waals surface area contributed by atoms with E-state index in [2.05, 4.69) is 15.5 Å². The van der Waals surface area contributed by atoms with Gasteiger partial charge in [0.2, 0.25) is 9.84 Å². The fraction of sp³-hybridized carbons (Fsp3) is 0.190. The van der Waals surface area contributed by atoms with Gasteiger partial charge in [-0.25, -0.2) is 8.42 Å². The number of rotatable bonds is 7. The topological polar surface area (TPSA) is 84.1 Å². The summed E-state index contributed by atoms with van der Waals surface area (Å²) < 4.78 is 32.5. The number of ether oxygens (including phenoxy) is 1. The maximum Gasteiger partial charge on any atom is 0.226 e. The number of nitrogens with zero attached hydrogens (tertiary/aromatic N) is 1. The number of nitrogens with one attached hydrogen (secondary N) is 2. The normalized spacial score (nSPS) is 11.9. The summed E-state index contributed by atoms with van der Waals surface area (Å²) in [5.74, 6) is 0.612. The average molecular weight is 395 g/mol. The summed E-state index contributed by atoms with van der Waals surface area (Å²) in [4.78, 5) is 0.248. The Kier molecular flexibility index (Phi) is 5.02. The first-order chi connectivity index (χ1) is 13.6. The van der Waals surface area contributed by atoms with Gasteiger partial charge in [0.05, 0.1) is 10.4 Å². The molecule has 4 aromatic rings. The Hall–Kier alpha value is -2.90. The average Bonchev–Trinajstić information content (AvgIpc) is 3.15. The molecule has 6 nitrogen and oxygen atoms in total. The van der Waals surface area contributed by atoms with Gasteiger partial charge in [0.15, 0.2) is 5.03 Å². The first-order valence-corrected chi connectivity index (χ1v) is 10.6. The van der Waals surface area contributed by atoms with Crippen molar-refractivity contribution in [1.82, 2.24) is 15.5 Å². The van der Waals surface area contributed by atoms with Gasteiger partial charge in [-0.05, 0) is 36.2 Å². The van der Waals surface area contributed by atoms with Crippen LogP contribution in [-0.4, -0.2) is 38.3 Å². The molecule has 0 atom stereocenters. The fourth-order valence-corrected chi connectivity index (χ4v) is 4.78. The number of hydrogen-bond donors (Lipinski definition) is 2. The van der Waals surface area contributed by atoms with Gasteiger partial charge in [-0.1, -0.05) is 43.3 Å². The Morgan fingerprint density at radius 3 is 2.71 bits per heavy atom. The molecule has 144 valence electrons. The number of H-pyrrole nitrogens is 1. The number of hydrogen-bond acceptors (Lipinski definition) is 5. The standard InChI is InChI=1S/C21H21N3O3S/c1-2-22-12-13-27-16-10-11-19-18(14-16)21(24-23-19)28(25,26)20-9-5-7-15-6-3-4-8-17(15)20/h3-11,14,22H,2,12-13H2,1H3,(H,23,24). The van der Waals surface area contributed by atoms with Crippen LogP contribution >= 0.6 is 0 Å². The van der Waals surface area contributed by atoms with Gasteiger partial charge in [-0.2, -0.15) is 5.10 Å². The molecule has 0 fully saturated rings. The van der Waals surface area contributed by atoms with Crippen molar-refractivity contribution in [2.75, 3.05) is 19.7 Å². The van der Waals surface area contributed by atoms with Crippen molar-refractivity contribution in [2.45, 2.75) is 16.8 Å². The highest BCUT2D eigenvalue weighted by atomic mass is 32.2. The lowest BCUT2D eigenvalue weighted by atomic mass is 10.1. The SMILES string of the molecule is CCNCCOc1ccc2[nH]nc(S(=O)(=O)c3cccc4ccccc34)c2c1. The van der Waals surface area contributed by atoms with E-state index in [0.717, 1.165) is 18.5 Å². The van der Waals surface area contributed by atoms with E-state index in [1.165, 1.54) is 0 Å².